The van der Waals surface area contributed by atoms with Gasteiger partial charge in [0.25, 0.3) is 0 Å². The number of sulfone groups is 1. The molecule has 0 radical (unpaired) electrons. The summed E-state index contributed by atoms with van der Waals surface area (Å²) in [7, 11) is -3.12. The molecule has 6 heteroatoms. The molecule has 1 aliphatic heterocycles. The predicted octanol–water partition coefficient (Wildman–Crippen LogP) is 0.819. The van der Waals surface area contributed by atoms with Crippen molar-refractivity contribution in [3.63, 3.8) is 0 Å². The lowest BCUT2D eigenvalue weighted by atomic mass is 10.1. The van der Waals surface area contributed by atoms with Crippen LogP contribution in [0.2, 0.25) is 0 Å². The second kappa shape index (κ2) is 5.18. The number of nitrogens with one attached hydrogen (secondary N) is 1. The van der Waals surface area contributed by atoms with E-state index < -0.39 is 9.84 Å². The molecule has 1 aliphatic rings. The Balaban J connectivity index is 1.81. The second-order valence-electron chi connectivity index (χ2n) is 4.65. The lowest BCUT2D eigenvalue weighted by Gasteiger charge is -2.09. The summed E-state index contributed by atoms with van der Waals surface area (Å²) in [6.45, 7) is 1.92. The summed E-state index contributed by atoms with van der Waals surface area (Å²) in [4.78, 5) is 0.302. The van der Waals surface area contributed by atoms with Crippen molar-refractivity contribution in [1.29, 1.82) is 0 Å². The van der Waals surface area contributed by atoms with E-state index in [9.17, 15) is 8.42 Å². The van der Waals surface area contributed by atoms with Crippen LogP contribution in [0.3, 0.4) is 0 Å². The molecule has 0 bridgehead atoms. The topological polar surface area (TPSA) is 64.0 Å². The van der Waals surface area contributed by atoms with E-state index in [1.165, 1.54) is 25.3 Å². The van der Waals surface area contributed by atoms with Crippen LogP contribution in [0.15, 0.2) is 17.3 Å². The highest BCUT2D eigenvalue weighted by Crippen LogP contribution is 2.12. The normalized spacial score (nSPS) is 20.9. The maximum absolute atomic E-state index is 11.3. The van der Waals surface area contributed by atoms with Gasteiger partial charge in [-0.25, -0.2) is 8.42 Å². The minimum atomic E-state index is -3.12. The molecule has 0 aromatic carbocycles. The zero-order valence-corrected chi connectivity index (χ0v) is 10.9. The van der Waals surface area contributed by atoms with Gasteiger partial charge in [-0.05, 0) is 32.2 Å². The molecule has 96 valence electrons. The van der Waals surface area contributed by atoms with Crippen LogP contribution < -0.4 is 5.32 Å². The quantitative estimate of drug-likeness (QED) is 0.848. The highest BCUT2D eigenvalue weighted by molar-refractivity contribution is 7.90. The highest BCUT2D eigenvalue weighted by Gasteiger charge is 2.14. The third-order valence-electron chi connectivity index (χ3n) is 3.14. The maximum Gasteiger partial charge on any atom is 0.178 e. The van der Waals surface area contributed by atoms with Gasteiger partial charge in [-0.1, -0.05) is 0 Å². The van der Waals surface area contributed by atoms with E-state index in [4.69, 9.17) is 0 Å². The zero-order chi connectivity index (χ0) is 12.3. The summed E-state index contributed by atoms with van der Waals surface area (Å²) in [5.74, 6) is 0. The molecule has 1 aromatic heterocycles. The average Bonchev–Trinajstić information content (AvgIpc) is 2.86. The molecular weight excluding hydrogens is 238 g/mol. The summed E-state index contributed by atoms with van der Waals surface area (Å²) < 4.78 is 24.2. The van der Waals surface area contributed by atoms with Gasteiger partial charge in [0.1, 0.15) is 4.90 Å². The van der Waals surface area contributed by atoms with Crippen LogP contribution in [0.5, 0.6) is 0 Å². The molecule has 17 heavy (non-hydrogen) atoms. The third kappa shape index (κ3) is 3.54. The zero-order valence-electron chi connectivity index (χ0n) is 10.1. The van der Waals surface area contributed by atoms with Crippen LogP contribution >= 0.6 is 0 Å². The molecule has 1 aromatic rings. The molecule has 1 atom stereocenters. The Morgan fingerprint density at radius 3 is 3.00 bits per heavy atom. The van der Waals surface area contributed by atoms with Crippen molar-refractivity contribution >= 4 is 9.84 Å². The van der Waals surface area contributed by atoms with E-state index in [2.05, 4.69) is 10.4 Å². The molecule has 2 heterocycles. The Labute approximate surface area is 102 Å². The summed E-state index contributed by atoms with van der Waals surface area (Å²) in [5.41, 5.74) is 0. The van der Waals surface area contributed by atoms with Crippen molar-refractivity contribution in [2.24, 2.45) is 0 Å². The van der Waals surface area contributed by atoms with Crippen LogP contribution in [0.25, 0.3) is 0 Å². The third-order valence-corrected chi connectivity index (χ3v) is 4.21. The number of hydrogen-bond acceptors (Lipinski definition) is 4. The van der Waals surface area contributed by atoms with Gasteiger partial charge in [-0.2, -0.15) is 5.10 Å². The van der Waals surface area contributed by atoms with Gasteiger partial charge in [0.05, 0.1) is 6.20 Å². The summed E-state index contributed by atoms with van der Waals surface area (Å²) in [6, 6.07) is 0.639. The highest BCUT2D eigenvalue weighted by atomic mass is 32.2. The Kier molecular flexibility index (Phi) is 3.83. The lowest BCUT2D eigenvalue weighted by molar-refractivity contribution is 0.483. The van der Waals surface area contributed by atoms with Gasteiger partial charge in [-0.3, -0.25) is 4.68 Å². The van der Waals surface area contributed by atoms with Gasteiger partial charge in [0.2, 0.25) is 0 Å². The first kappa shape index (κ1) is 12.6. The van der Waals surface area contributed by atoms with Gasteiger partial charge in [-0.15, -0.1) is 0 Å². The smallest absolute Gasteiger partial charge is 0.178 e. The lowest BCUT2D eigenvalue weighted by Crippen LogP contribution is -2.21. The fourth-order valence-corrected chi connectivity index (χ4v) is 2.71. The van der Waals surface area contributed by atoms with Crippen molar-refractivity contribution < 1.29 is 8.42 Å². The first-order chi connectivity index (χ1) is 8.05. The fraction of sp³-hybridized carbons (Fsp3) is 0.727. The van der Waals surface area contributed by atoms with E-state index in [0.29, 0.717) is 10.9 Å². The van der Waals surface area contributed by atoms with Gasteiger partial charge < -0.3 is 5.32 Å². The van der Waals surface area contributed by atoms with Crippen LogP contribution in [0.4, 0.5) is 0 Å². The van der Waals surface area contributed by atoms with E-state index in [1.807, 2.05) is 0 Å². The molecule has 0 amide bonds. The molecule has 0 spiro atoms. The molecule has 2 rings (SSSR count). The first-order valence-corrected chi connectivity index (χ1v) is 7.91. The van der Waals surface area contributed by atoms with Crippen LogP contribution in [0.1, 0.15) is 25.7 Å². The van der Waals surface area contributed by atoms with E-state index >= 15 is 0 Å². The summed E-state index contributed by atoms with van der Waals surface area (Å²) in [6.07, 6.45) is 8.92. The SMILES string of the molecule is CS(=O)(=O)c1cnn(CCCC2CCCN2)c1. The van der Waals surface area contributed by atoms with Crippen molar-refractivity contribution in [3.8, 4) is 0 Å². The Morgan fingerprint density at radius 2 is 2.41 bits per heavy atom. The molecule has 5 nitrogen and oxygen atoms in total. The minimum absolute atomic E-state index is 0.302. The van der Waals surface area contributed by atoms with Crippen LogP contribution in [0, 0.1) is 0 Å². The monoisotopic (exact) mass is 257 g/mol. The number of rotatable bonds is 5. The fourth-order valence-electron chi connectivity index (χ4n) is 2.16. The standard InChI is InChI=1S/C11H19N3O2S/c1-17(15,16)11-8-13-14(9-11)7-3-5-10-4-2-6-12-10/h8-10,12H,2-7H2,1H3. The average molecular weight is 257 g/mol. The largest absolute Gasteiger partial charge is 0.314 e. The predicted molar refractivity (Wildman–Crippen MR) is 65.6 cm³/mol. The summed E-state index contributed by atoms with van der Waals surface area (Å²) >= 11 is 0. The molecule has 1 unspecified atom stereocenters. The van der Waals surface area contributed by atoms with Crippen molar-refractivity contribution in [2.75, 3.05) is 12.8 Å². The van der Waals surface area contributed by atoms with E-state index in [0.717, 1.165) is 25.9 Å². The number of aryl methyl sites for hydroxylation is 1. The van der Waals surface area contributed by atoms with Crippen LogP contribution in [-0.4, -0.2) is 37.0 Å². The van der Waals surface area contributed by atoms with Crippen molar-refractivity contribution in [1.82, 2.24) is 15.1 Å². The molecular formula is C11H19N3O2S. The molecule has 0 aliphatic carbocycles. The van der Waals surface area contributed by atoms with Gasteiger partial charge >= 0.3 is 0 Å². The number of hydrogen-bond donors (Lipinski definition) is 1. The number of nitrogens with zero attached hydrogens (tertiary/aromatic N) is 2. The Hall–Kier alpha value is -0.880. The number of aromatic nitrogens is 2. The van der Waals surface area contributed by atoms with Gasteiger partial charge in [0, 0.05) is 25.0 Å². The van der Waals surface area contributed by atoms with Crippen LogP contribution in [-0.2, 0) is 16.4 Å². The molecule has 0 saturated carbocycles. The Morgan fingerprint density at radius 1 is 1.59 bits per heavy atom. The summed E-state index contributed by atoms with van der Waals surface area (Å²) in [5, 5.41) is 7.51. The second-order valence-corrected chi connectivity index (χ2v) is 6.66. The molecule has 1 fully saturated rings. The minimum Gasteiger partial charge on any atom is -0.314 e. The first-order valence-electron chi connectivity index (χ1n) is 6.01. The van der Waals surface area contributed by atoms with Crippen molar-refractivity contribution in [3.05, 3.63) is 12.4 Å². The van der Waals surface area contributed by atoms with E-state index in [-0.39, 0.29) is 0 Å². The molecule has 1 saturated heterocycles. The maximum atomic E-state index is 11.3. The Bertz CT molecular complexity index is 461. The van der Waals surface area contributed by atoms with E-state index in [1.54, 1.807) is 10.9 Å². The van der Waals surface area contributed by atoms with Gasteiger partial charge in [0.15, 0.2) is 9.84 Å². The van der Waals surface area contributed by atoms with Crippen molar-refractivity contribution in [2.45, 2.75) is 43.2 Å². The molecule has 1 N–H and O–H groups in total.